The monoisotopic (exact) mass is 418 g/mol. The molecule has 0 aliphatic rings. The van der Waals surface area contributed by atoms with Gasteiger partial charge in [-0.2, -0.15) is 0 Å². The second-order valence-electron chi connectivity index (χ2n) is 6.77. The van der Waals surface area contributed by atoms with Crippen LogP contribution in [0.3, 0.4) is 0 Å². The van der Waals surface area contributed by atoms with Crippen molar-refractivity contribution in [2.45, 2.75) is 13.5 Å². The molecule has 0 unspecified atom stereocenters. The fraction of sp³-hybridized carbons (Fsp3) is 0.0833. The first-order valence-electron chi connectivity index (χ1n) is 9.39. The summed E-state index contributed by atoms with van der Waals surface area (Å²) in [5.41, 5.74) is 3.57. The predicted octanol–water partition coefficient (Wildman–Crippen LogP) is 6.09. The maximum Gasteiger partial charge on any atom is 0.275 e. The Balaban J connectivity index is 1.40. The van der Waals surface area contributed by atoms with E-state index in [9.17, 15) is 9.18 Å². The van der Waals surface area contributed by atoms with E-state index in [0.717, 1.165) is 21.8 Å². The number of aromatic nitrogens is 1. The lowest BCUT2D eigenvalue weighted by Crippen LogP contribution is -2.12. The topological polar surface area (TPSA) is 51.2 Å². The van der Waals surface area contributed by atoms with Crippen molar-refractivity contribution in [3.05, 3.63) is 101 Å². The molecule has 0 bridgehead atoms. The van der Waals surface area contributed by atoms with Crippen molar-refractivity contribution in [2.75, 3.05) is 5.32 Å². The summed E-state index contributed by atoms with van der Waals surface area (Å²) in [6.07, 6.45) is 0. The summed E-state index contributed by atoms with van der Waals surface area (Å²) >= 11 is 1.40. The second-order valence-corrected chi connectivity index (χ2v) is 7.62. The number of amides is 1. The number of benzene rings is 3. The van der Waals surface area contributed by atoms with Crippen molar-refractivity contribution < 1.29 is 13.9 Å². The van der Waals surface area contributed by atoms with E-state index < -0.39 is 0 Å². The highest BCUT2D eigenvalue weighted by molar-refractivity contribution is 7.13. The largest absolute Gasteiger partial charge is 0.489 e. The van der Waals surface area contributed by atoms with Gasteiger partial charge in [0.05, 0.1) is 0 Å². The molecular formula is C24H19FN2O2S. The van der Waals surface area contributed by atoms with Crippen LogP contribution in [-0.4, -0.2) is 10.9 Å². The van der Waals surface area contributed by atoms with Crippen LogP contribution in [0.15, 0.2) is 78.2 Å². The summed E-state index contributed by atoms with van der Waals surface area (Å²) in [6.45, 7) is 2.13. The Labute approximate surface area is 178 Å². The van der Waals surface area contributed by atoms with E-state index >= 15 is 0 Å². The van der Waals surface area contributed by atoms with Gasteiger partial charge in [0.1, 0.15) is 28.9 Å². The summed E-state index contributed by atoms with van der Waals surface area (Å²) in [5.74, 6) is 0.109. The van der Waals surface area contributed by atoms with Crippen molar-refractivity contribution in [1.82, 2.24) is 4.98 Å². The molecule has 0 spiro atoms. The number of aryl methyl sites for hydroxylation is 1. The van der Waals surface area contributed by atoms with Crippen LogP contribution in [0.4, 0.5) is 10.1 Å². The molecule has 150 valence electrons. The molecule has 1 aromatic heterocycles. The molecule has 0 fully saturated rings. The van der Waals surface area contributed by atoms with Gasteiger partial charge in [-0.1, -0.05) is 30.3 Å². The zero-order chi connectivity index (χ0) is 20.9. The summed E-state index contributed by atoms with van der Waals surface area (Å²) < 4.78 is 19.3. The van der Waals surface area contributed by atoms with Crippen LogP contribution in [0.2, 0.25) is 0 Å². The van der Waals surface area contributed by atoms with Crippen LogP contribution < -0.4 is 10.1 Å². The lowest BCUT2D eigenvalue weighted by Gasteiger charge is -2.07. The van der Waals surface area contributed by atoms with Gasteiger partial charge in [-0.15, -0.1) is 11.3 Å². The highest BCUT2D eigenvalue weighted by atomic mass is 32.1. The highest BCUT2D eigenvalue weighted by Crippen LogP contribution is 2.26. The molecule has 0 saturated carbocycles. The first-order chi connectivity index (χ1) is 14.6. The minimum Gasteiger partial charge on any atom is -0.489 e. The second kappa shape index (κ2) is 8.88. The van der Waals surface area contributed by atoms with Gasteiger partial charge in [0.2, 0.25) is 0 Å². The maximum absolute atomic E-state index is 13.7. The molecule has 30 heavy (non-hydrogen) atoms. The minimum atomic E-state index is -0.284. The van der Waals surface area contributed by atoms with Crippen molar-refractivity contribution in [1.29, 1.82) is 0 Å². The number of hydrogen-bond acceptors (Lipinski definition) is 4. The van der Waals surface area contributed by atoms with Crippen LogP contribution in [0.1, 0.15) is 21.6 Å². The van der Waals surface area contributed by atoms with Gasteiger partial charge in [0, 0.05) is 22.2 Å². The Bertz CT molecular complexity index is 1170. The van der Waals surface area contributed by atoms with E-state index in [1.165, 1.54) is 17.4 Å². The molecule has 0 radical (unpaired) electrons. The molecule has 4 nitrogen and oxygen atoms in total. The summed E-state index contributed by atoms with van der Waals surface area (Å²) in [5, 5.41) is 5.34. The fourth-order valence-electron chi connectivity index (χ4n) is 2.90. The zero-order valence-electron chi connectivity index (χ0n) is 16.3. The van der Waals surface area contributed by atoms with Gasteiger partial charge < -0.3 is 10.1 Å². The SMILES string of the molecule is Cc1cccc(NC(=O)c2csc(-c3ccc(OCc4ccccc4F)cc3)n2)c1. The zero-order valence-corrected chi connectivity index (χ0v) is 17.1. The van der Waals surface area contributed by atoms with Gasteiger partial charge in [0.25, 0.3) is 5.91 Å². The van der Waals surface area contributed by atoms with E-state index in [1.54, 1.807) is 23.6 Å². The van der Waals surface area contributed by atoms with Crippen molar-refractivity contribution in [3.63, 3.8) is 0 Å². The Morgan fingerprint density at radius 3 is 2.63 bits per heavy atom. The van der Waals surface area contributed by atoms with Crippen molar-refractivity contribution in [2.24, 2.45) is 0 Å². The molecule has 4 aromatic rings. The highest BCUT2D eigenvalue weighted by Gasteiger charge is 2.12. The first kappa shape index (κ1) is 19.8. The molecule has 3 aromatic carbocycles. The van der Waals surface area contributed by atoms with E-state index in [1.807, 2.05) is 55.5 Å². The first-order valence-corrected chi connectivity index (χ1v) is 10.3. The lowest BCUT2D eigenvalue weighted by atomic mass is 10.2. The molecule has 1 heterocycles. The van der Waals surface area contributed by atoms with Crippen LogP contribution in [0.5, 0.6) is 5.75 Å². The quantitative estimate of drug-likeness (QED) is 0.412. The Morgan fingerprint density at radius 1 is 1.07 bits per heavy atom. The third kappa shape index (κ3) is 4.72. The van der Waals surface area contributed by atoms with E-state index in [2.05, 4.69) is 10.3 Å². The third-order valence-electron chi connectivity index (χ3n) is 4.47. The molecule has 0 aliphatic carbocycles. The van der Waals surface area contributed by atoms with E-state index in [0.29, 0.717) is 17.0 Å². The number of anilines is 1. The van der Waals surface area contributed by atoms with Crippen LogP contribution in [0, 0.1) is 12.7 Å². The number of halogens is 1. The Kier molecular flexibility index (Phi) is 5.86. The third-order valence-corrected chi connectivity index (χ3v) is 5.36. The maximum atomic E-state index is 13.7. The molecule has 0 aliphatic heterocycles. The number of rotatable bonds is 6. The Hall–Kier alpha value is -3.51. The van der Waals surface area contributed by atoms with Gasteiger partial charge >= 0.3 is 0 Å². The number of hydrogen-bond donors (Lipinski definition) is 1. The number of nitrogens with one attached hydrogen (secondary N) is 1. The average Bonchev–Trinajstić information content (AvgIpc) is 3.24. The van der Waals surface area contributed by atoms with Crippen LogP contribution in [0.25, 0.3) is 10.6 Å². The molecule has 0 atom stereocenters. The normalized spacial score (nSPS) is 10.6. The lowest BCUT2D eigenvalue weighted by molar-refractivity contribution is 0.102. The van der Waals surface area contributed by atoms with Gasteiger partial charge in [-0.3, -0.25) is 4.79 Å². The average molecular weight is 418 g/mol. The van der Waals surface area contributed by atoms with Gasteiger partial charge in [0.15, 0.2) is 0 Å². The summed E-state index contributed by atoms with van der Waals surface area (Å²) in [4.78, 5) is 16.9. The minimum absolute atomic E-state index is 0.159. The van der Waals surface area contributed by atoms with Crippen LogP contribution >= 0.6 is 11.3 Å². The number of thiazole rings is 1. The number of nitrogens with zero attached hydrogens (tertiary/aromatic N) is 1. The Morgan fingerprint density at radius 2 is 1.87 bits per heavy atom. The summed E-state index contributed by atoms with van der Waals surface area (Å²) in [6, 6.07) is 21.5. The predicted molar refractivity (Wildman–Crippen MR) is 117 cm³/mol. The van der Waals surface area contributed by atoms with E-state index in [-0.39, 0.29) is 18.3 Å². The van der Waals surface area contributed by atoms with Gasteiger partial charge in [-0.05, 0) is 55.0 Å². The van der Waals surface area contributed by atoms with Crippen molar-refractivity contribution in [3.8, 4) is 16.3 Å². The molecular weight excluding hydrogens is 399 g/mol. The molecule has 0 saturated heterocycles. The molecule has 1 N–H and O–H groups in total. The molecule has 1 amide bonds. The standard InChI is InChI=1S/C24H19FN2O2S/c1-16-5-4-7-19(13-16)26-23(28)22-15-30-24(27-22)17-9-11-20(12-10-17)29-14-18-6-2-3-8-21(18)25/h2-13,15H,14H2,1H3,(H,26,28). The van der Waals surface area contributed by atoms with E-state index in [4.69, 9.17) is 4.74 Å². The smallest absolute Gasteiger partial charge is 0.275 e. The summed E-state index contributed by atoms with van der Waals surface area (Å²) in [7, 11) is 0. The fourth-order valence-corrected chi connectivity index (χ4v) is 3.71. The number of ether oxygens (including phenoxy) is 1. The van der Waals surface area contributed by atoms with Crippen molar-refractivity contribution >= 4 is 22.9 Å². The molecule has 6 heteroatoms. The molecule has 4 rings (SSSR count). The number of carbonyl (C=O) groups excluding carboxylic acids is 1. The van der Waals surface area contributed by atoms with Gasteiger partial charge in [-0.25, -0.2) is 9.37 Å². The van der Waals surface area contributed by atoms with Crippen LogP contribution in [-0.2, 0) is 6.61 Å². The number of carbonyl (C=O) groups is 1.